The topological polar surface area (TPSA) is 28.3 Å². The molecule has 3 heterocycles. The second kappa shape index (κ2) is 23.2. The summed E-state index contributed by atoms with van der Waals surface area (Å²) in [5.41, 5.74) is 25.6. The van der Waals surface area contributed by atoms with Gasteiger partial charge in [-0.05, 0) is 222 Å². The molecule has 2 aromatic heterocycles. The van der Waals surface area contributed by atoms with Crippen LogP contribution in [-0.4, -0.2) is 27.5 Å². The van der Waals surface area contributed by atoms with Crippen molar-refractivity contribution >= 4 is 111 Å². The van der Waals surface area contributed by atoms with E-state index in [4.69, 9.17) is 9.31 Å². The molecule has 0 amide bonds. The van der Waals surface area contributed by atoms with Crippen LogP contribution in [0, 0.1) is 3.57 Å². The highest BCUT2D eigenvalue weighted by atomic mass is 127. The lowest BCUT2D eigenvalue weighted by Crippen LogP contribution is -2.41. The third-order valence-electron chi connectivity index (χ3n) is 19.9. The van der Waals surface area contributed by atoms with Crippen molar-refractivity contribution in [1.82, 2.24) is 9.13 Å². The molecule has 4 nitrogen and oxygen atoms in total. The van der Waals surface area contributed by atoms with Crippen LogP contribution >= 0.6 is 54.5 Å². The zero-order chi connectivity index (χ0) is 63.4. The van der Waals surface area contributed by atoms with Gasteiger partial charge in [0.05, 0.1) is 33.3 Å². The van der Waals surface area contributed by atoms with E-state index in [1.54, 1.807) is 0 Å². The molecule has 14 aromatic rings. The number of para-hydroxylation sites is 2. The third-order valence-corrected chi connectivity index (χ3v) is 23.0. The molecule has 0 atom stereocenters. The van der Waals surface area contributed by atoms with Crippen LogP contribution in [0.3, 0.4) is 0 Å². The molecular weight excluding hydrogens is 1370 g/mol. The molecule has 92 heavy (non-hydrogen) atoms. The molecule has 1 saturated heterocycles. The Labute approximate surface area is 570 Å². The van der Waals surface area contributed by atoms with Gasteiger partial charge in [-0.2, -0.15) is 0 Å². The van der Waals surface area contributed by atoms with Crippen LogP contribution in [0.15, 0.2) is 276 Å². The Kier molecular flexibility index (Phi) is 15.2. The summed E-state index contributed by atoms with van der Waals surface area (Å²) in [5.74, 6) is 0. The molecule has 17 rings (SSSR count). The van der Waals surface area contributed by atoms with Gasteiger partial charge >= 0.3 is 7.12 Å². The number of nitrogens with zero attached hydrogens (tertiary/aromatic N) is 2. The third kappa shape index (κ3) is 10.2. The van der Waals surface area contributed by atoms with Crippen LogP contribution in [0.5, 0.6) is 0 Å². The zero-order valence-electron chi connectivity index (χ0n) is 52.8. The van der Waals surface area contributed by atoms with Gasteiger partial charge in [-0.25, -0.2) is 0 Å². The summed E-state index contributed by atoms with van der Waals surface area (Å²) in [4.78, 5) is 0. The molecule has 0 radical (unpaired) electrons. The van der Waals surface area contributed by atoms with Gasteiger partial charge in [0.1, 0.15) is 0 Å². The Bertz CT molecular complexity index is 5230. The summed E-state index contributed by atoms with van der Waals surface area (Å²) in [7, 11) is -0.390. The van der Waals surface area contributed by atoms with Crippen molar-refractivity contribution < 1.29 is 9.31 Å². The molecule has 450 valence electrons. The van der Waals surface area contributed by atoms with Crippen LogP contribution in [-0.2, 0) is 20.1 Å². The van der Waals surface area contributed by atoms with Gasteiger partial charge in [-0.3, -0.25) is 0 Å². The summed E-state index contributed by atoms with van der Waals surface area (Å²) in [5, 5.41) is 5.06. The van der Waals surface area contributed by atoms with Crippen LogP contribution < -0.4 is 5.46 Å². The molecule has 8 heteroatoms. The number of aromatic nitrogens is 2. The number of rotatable bonds is 6. The van der Waals surface area contributed by atoms with Crippen molar-refractivity contribution in [3.8, 4) is 67.0 Å². The van der Waals surface area contributed by atoms with Gasteiger partial charge in [0, 0.05) is 56.3 Å². The molecule has 12 aromatic carbocycles. The Morgan fingerprint density at radius 2 is 0.717 bits per heavy atom. The Morgan fingerprint density at radius 1 is 0.315 bits per heavy atom. The minimum Gasteiger partial charge on any atom is -0.399 e. The molecule has 1 fully saturated rings. The van der Waals surface area contributed by atoms with Crippen molar-refractivity contribution in [2.45, 2.75) is 77.4 Å². The lowest BCUT2D eigenvalue weighted by atomic mass is 9.78. The highest BCUT2D eigenvalue weighted by molar-refractivity contribution is 14.1. The Hall–Kier alpha value is -8.09. The smallest absolute Gasteiger partial charge is 0.399 e. The second-order valence-electron chi connectivity index (χ2n) is 26.7. The highest BCUT2D eigenvalue weighted by Gasteiger charge is 2.52. The van der Waals surface area contributed by atoms with Crippen LogP contribution in [0.25, 0.3) is 111 Å². The van der Waals surface area contributed by atoms with E-state index in [9.17, 15) is 0 Å². The number of halogens is 3. The SMILES string of the molecule is Brc1ccccc1I.CC1(C)c2ccccc2-c2cc(-n3c4ccccc4c4ccc(-c5cccc(-c6ccccc6Br)c5)cc43)ccc21.CC1(C)c2ccccc2-c2cc(-n3c4ccccc4c4ccc(-c5cccc(B6OC(C)(C)C(C)(C)O6)c5)cc43)ccc21. The normalized spacial score (nSPS) is 15.1. The second-order valence-corrected chi connectivity index (χ2v) is 29.5. The average molecular weight is 1440 g/mol. The molecular formula is C84H68BBr2IN2O2. The standard InChI is InChI=1S/C39H36BNO2.C39H28BrN.C6H4BrI/c1-37(2)33-16-9-7-14-29(33)32-24-28(19-21-34(32)37)41-35-17-10-8-15-30(35)31-20-18-26(23-36(31)41)25-12-11-13-27(22-25)40-42-38(3,4)39(5,6)43-40;1-39(2)34-15-6-3-13-30(34)33-24-28(19-21-35(33)39)41-37-17-8-5-14-31(37)32-20-18-26(23-38(32)41)25-10-9-11-27(22-25)29-12-4-7-16-36(29)40;7-5-3-1-2-4-6(5)8/h7-24H,1-6H3;3-24H,1-2H3;1-4H. The molecule has 0 N–H and O–H groups in total. The quantitative estimate of drug-likeness (QED) is 0.123. The maximum atomic E-state index is 6.38. The molecule has 0 spiro atoms. The first kappa shape index (κ1) is 60.2. The van der Waals surface area contributed by atoms with E-state index >= 15 is 0 Å². The fourth-order valence-corrected chi connectivity index (χ4v) is 15.6. The molecule has 1 aliphatic heterocycles. The molecule has 2 aliphatic carbocycles. The van der Waals surface area contributed by atoms with E-state index in [1.807, 2.05) is 18.2 Å². The summed E-state index contributed by atoms with van der Waals surface area (Å²) in [6.07, 6.45) is 0. The maximum absolute atomic E-state index is 6.38. The summed E-state index contributed by atoms with van der Waals surface area (Å²) < 4.78 is 21.2. The van der Waals surface area contributed by atoms with Gasteiger partial charge in [0.25, 0.3) is 0 Å². The summed E-state index contributed by atoms with van der Waals surface area (Å²) in [6.45, 7) is 17.7. The zero-order valence-corrected chi connectivity index (χ0v) is 58.2. The minimum atomic E-state index is -0.390. The van der Waals surface area contributed by atoms with E-state index in [-0.39, 0.29) is 22.0 Å². The summed E-state index contributed by atoms with van der Waals surface area (Å²) >= 11 is 9.40. The van der Waals surface area contributed by atoms with Gasteiger partial charge in [0.2, 0.25) is 0 Å². The van der Waals surface area contributed by atoms with Crippen molar-refractivity contribution in [2.24, 2.45) is 0 Å². The average Bonchev–Trinajstić information content (AvgIpc) is 1.60. The van der Waals surface area contributed by atoms with E-state index in [0.717, 1.165) is 15.5 Å². The minimum absolute atomic E-state index is 0.00276. The molecule has 0 unspecified atom stereocenters. The summed E-state index contributed by atoms with van der Waals surface area (Å²) in [6, 6.07) is 97.1. The van der Waals surface area contributed by atoms with E-state index in [1.165, 1.54) is 135 Å². The monoisotopic (exact) mass is 1430 g/mol. The lowest BCUT2D eigenvalue weighted by Gasteiger charge is -2.32. The van der Waals surface area contributed by atoms with Gasteiger partial charge in [-0.1, -0.05) is 238 Å². The fraction of sp³-hybridized carbons (Fsp3) is 0.143. The predicted molar refractivity (Wildman–Crippen MR) is 403 cm³/mol. The van der Waals surface area contributed by atoms with Crippen LogP contribution in [0.1, 0.15) is 77.6 Å². The first-order valence-corrected chi connectivity index (χ1v) is 34.3. The number of hydrogen-bond donors (Lipinski definition) is 0. The first-order chi connectivity index (χ1) is 44.4. The molecule has 0 saturated carbocycles. The first-order valence-electron chi connectivity index (χ1n) is 31.6. The fourth-order valence-electron chi connectivity index (χ4n) is 14.4. The van der Waals surface area contributed by atoms with Crippen molar-refractivity contribution in [1.29, 1.82) is 0 Å². The van der Waals surface area contributed by atoms with Crippen molar-refractivity contribution in [3.63, 3.8) is 0 Å². The van der Waals surface area contributed by atoms with E-state index < -0.39 is 7.12 Å². The Morgan fingerprint density at radius 3 is 1.22 bits per heavy atom. The molecule has 3 aliphatic rings. The molecule has 0 bridgehead atoms. The van der Waals surface area contributed by atoms with Crippen LogP contribution in [0.2, 0.25) is 0 Å². The van der Waals surface area contributed by atoms with Crippen molar-refractivity contribution in [2.75, 3.05) is 0 Å². The number of benzene rings is 12. The largest absolute Gasteiger partial charge is 0.494 e. The van der Waals surface area contributed by atoms with Gasteiger partial charge < -0.3 is 18.4 Å². The number of fused-ring (bicyclic) bond motifs is 12. The van der Waals surface area contributed by atoms with E-state index in [0.29, 0.717) is 0 Å². The van der Waals surface area contributed by atoms with E-state index in [2.05, 4.69) is 368 Å². The number of hydrogen-bond acceptors (Lipinski definition) is 2. The van der Waals surface area contributed by atoms with Crippen LogP contribution in [0.4, 0.5) is 0 Å². The highest BCUT2D eigenvalue weighted by Crippen LogP contribution is 2.52. The van der Waals surface area contributed by atoms with Crippen molar-refractivity contribution in [3.05, 3.63) is 302 Å². The predicted octanol–water partition coefficient (Wildman–Crippen LogP) is 23.3. The Balaban J connectivity index is 0.000000136. The maximum Gasteiger partial charge on any atom is 0.494 e. The van der Waals surface area contributed by atoms with Gasteiger partial charge in [-0.15, -0.1) is 0 Å². The van der Waals surface area contributed by atoms with Gasteiger partial charge in [0.15, 0.2) is 0 Å². The lowest BCUT2D eigenvalue weighted by molar-refractivity contribution is 0.00578.